The molecule has 22 heavy (non-hydrogen) atoms. The Hall–Kier alpha value is -1.76. The van der Waals surface area contributed by atoms with Crippen molar-refractivity contribution in [1.82, 2.24) is 5.32 Å². The molecule has 0 spiro atoms. The summed E-state index contributed by atoms with van der Waals surface area (Å²) in [5, 5.41) is 2.63. The standard InChI is InChI=1S/C15H21F3N2O2/c1-14(2,3)12(19)13(21)20-9-8-10-6-4-5-7-11(10)22-15(16,17)18/h4-7,12H,8-9,19H2,1-3H3,(H,20,21)/t12-/m1/s1. The quantitative estimate of drug-likeness (QED) is 0.877. The van der Waals surface area contributed by atoms with Gasteiger partial charge >= 0.3 is 6.36 Å². The van der Waals surface area contributed by atoms with Gasteiger partial charge in [-0.05, 0) is 23.5 Å². The average molecular weight is 318 g/mol. The van der Waals surface area contributed by atoms with Gasteiger partial charge in [0.05, 0.1) is 6.04 Å². The van der Waals surface area contributed by atoms with Crippen LogP contribution in [-0.4, -0.2) is 24.9 Å². The van der Waals surface area contributed by atoms with Crippen LogP contribution in [0, 0.1) is 5.41 Å². The van der Waals surface area contributed by atoms with E-state index >= 15 is 0 Å². The minimum Gasteiger partial charge on any atom is -0.406 e. The maximum atomic E-state index is 12.3. The van der Waals surface area contributed by atoms with Crippen molar-refractivity contribution in [3.05, 3.63) is 29.8 Å². The van der Waals surface area contributed by atoms with E-state index in [9.17, 15) is 18.0 Å². The van der Waals surface area contributed by atoms with Crippen molar-refractivity contribution in [3.63, 3.8) is 0 Å². The predicted octanol–water partition coefficient (Wildman–Crippen LogP) is 2.62. The van der Waals surface area contributed by atoms with E-state index in [0.717, 1.165) is 0 Å². The number of benzene rings is 1. The molecule has 0 aliphatic carbocycles. The third-order valence-corrected chi connectivity index (χ3v) is 3.11. The summed E-state index contributed by atoms with van der Waals surface area (Å²) in [6.45, 7) is 5.69. The fourth-order valence-corrected chi connectivity index (χ4v) is 1.76. The Morgan fingerprint density at radius 2 is 1.86 bits per heavy atom. The maximum Gasteiger partial charge on any atom is 0.573 e. The van der Waals surface area contributed by atoms with Crippen LogP contribution in [-0.2, 0) is 11.2 Å². The van der Waals surface area contributed by atoms with Gasteiger partial charge in [-0.3, -0.25) is 4.79 Å². The SMILES string of the molecule is CC(C)(C)[C@H](N)C(=O)NCCc1ccccc1OC(F)(F)F. The van der Waals surface area contributed by atoms with Crippen LogP contribution in [0.4, 0.5) is 13.2 Å². The lowest BCUT2D eigenvalue weighted by Crippen LogP contribution is -2.49. The topological polar surface area (TPSA) is 64.4 Å². The van der Waals surface area contributed by atoms with Crippen LogP contribution >= 0.6 is 0 Å². The van der Waals surface area contributed by atoms with Crippen LogP contribution in [0.5, 0.6) is 5.75 Å². The number of nitrogens with one attached hydrogen (secondary N) is 1. The number of nitrogens with two attached hydrogens (primary N) is 1. The molecule has 3 N–H and O–H groups in total. The first-order valence-corrected chi connectivity index (χ1v) is 6.87. The summed E-state index contributed by atoms with van der Waals surface area (Å²) in [5.74, 6) is -0.592. The Balaban J connectivity index is 2.61. The lowest BCUT2D eigenvalue weighted by Gasteiger charge is -2.25. The molecule has 1 aromatic rings. The van der Waals surface area contributed by atoms with Crippen molar-refractivity contribution in [2.45, 2.75) is 39.6 Å². The molecule has 0 bridgehead atoms. The molecule has 1 atom stereocenters. The number of carbonyl (C=O) groups is 1. The molecule has 0 unspecified atom stereocenters. The molecule has 0 radical (unpaired) electrons. The third-order valence-electron chi connectivity index (χ3n) is 3.11. The van der Waals surface area contributed by atoms with Crippen molar-refractivity contribution in [3.8, 4) is 5.75 Å². The Bertz CT molecular complexity index is 510. The Kier molecular flexibility index (Phi) is 5.82. The Morgan fingerprint density at radius 1 is 1.27 bits per heavy atom. The highest BCUT2D eigenvalue weighted by molar-refractivity contribution is 5.82. The molecule has 0 saturated heterocycles. The summed E-state index contributed by atoms with van der Waals surface area (Å²) in [7, 11) is 0. The molecule has 124 valence electrons. The number of ether oxygens (including phenoxy) is 1. The normalized spacial score (nSPS) is 13.6. The molecule has 0 fully saturated rings. The molecular weight excluding hydrogens is 297 g/mol. The van der Waals surface area contributed by atoms with Gasteiger partial charge in [0.25, 0.3) is 0 Å². The summed E-state index contributed by atoms with van der Waals surface area (Å²) in [6.07, 6.45) is -4.53. The van der Waals surface area contributed by atoms with E-state index in [0.29, 0.717) is 5.56 Å². The second-order valence-corrected chi connectivity index (χ2v) is 6.04. The van der Waals surface area contributed by atoms with Gasteiger partial charge in [-0.15, -0.1) is 13.2 Å². The third kappa shape index (κ3) is 5.93. The van der Waals surface area contributed by atoms with E-state index in [2.05, 4.69) is 10.1 Å². The Labute approximate surface area is 127 Å². The summed E-state index contributed by atoms with van der Waals surface area (Å²) in [6, 6.07) is 5.15. The molecule has 0 aliphatic heterocycles. The van der Waals surface area contributed by atoms with Crippen molar-refractivity contribution in [2.24, 2.45) is 11.1 Å². The average Bonchev–Trinajstić information content (AvgIpc) is 2.37. The molecule has 1 rings (SSSR count). The molecule has 0 heterocycles. The summed E-state index contributed by atoms with van der Waals surface area (Å²) >= 11 is 0. The van der Waals surface area contributed by atoms with Crippen LogP contribution in [0.15, 0.2) is 24.3 Å². The molecule has 4 nitrogen and oxygen atoms in total. The zero-order valence-electron chi connectivity index (χ0n) is 12.8. The first kappa shape index (κ1) is 18.3. The number of halogens is 3. The molecular formula is C15H21F3N2O2. The first-order chi connectivity index (χ1) is 10.0. The zero-order chi connectivity index (χ0) is 17.0. The van der Waals surface area contributed by atoms with Crippen LogP contribution in [0.25, 0.3) is 0 Å². The van der Waals surface area contributed by atoms with E-state index in [4.69, 9.17) is 5.73 Å². The van der Waals surface area contributed by atoms with Gasteiger partial charge in [0.2, 0.25) is 5.91 Å². The van der Waals surface area contributed by atoms with Gasteiger partial charge in [0, 0.05) is 6.54 Å². The van der Waals surface area contributed by atoms with Gasteiger partial charge in [-0.2, -0.15) is 0 Å². The van der Waals surface area contributed by atoms with E-state index < -0.39 is 12.4 Å². The van der Waals surface area contributed by atoms with Crippen LogP contribution < -0.4 is 15.8 Å². The number of amides is 1. The number of rotatable bonds is 5. The number of alkyl halides is 3. The Morgan fingerprint density at radius 3 is 2.41 bits per heavy atom. The van der Waals surface area contributed by atoms with Crippen molar-refractivity contribution in [2.75, 3.05) is 6.54 Å². The van der Waals surface area contributed by atoms with Gasteiger partial charge in [0.15, 0.2) is 0 Å². The fraction of sp³-hybridized carbons (Fsp3) is 0.533. The number of para-hydroxylation sites is 1. The highest BCUT2D eigenvalue weighted by Gasteiger charge is 2.32. The second-order valence-electron chi connectivity index (χ2n) is 6.04. The highest BCUT2D eigenvalue weighted by Crippen LogP contribution is 2.26. The lowest BCUT2D eigenvalue weighted by molar-refractivity contribution is -0.274. The van der Waals surface area contributed by atoms with E-state index in [1.807, 2.05) is 20.8 Å². The molecule has 0 aromatic heterocycles. The van der Waals surface area contributed by atoms with Crippen molar-refractivity contribution >= 4 is 5.91 Å². The largest absolute Gasteiger partial charge is 0.573 e. The van der Waals surface area contributed by atoms with Crippen molar-refractivity contribution in [1.29, 1.82) is 0 Å². The molecule has 7 heteroatoms. The number of carbonyl (C=O) groups excluding carboxylic acids is 1. The van der Waals surface area contributed by atoms with E-state index in [1.165, 1.54) is 18.2 Å². The lowest BCUT2D eigenvalue weighted by atomic mass is 9.87. The summed E-state index contributed by atoms with van der Waals surface area (Å²) < 4.78 is 40.9. The minimum absolute atomic E-state index is 0.181. The monoisotopic (exact) mass is 318 g/mol. The van der Waals surface area contributed by atoms with Gasteiger partial charge in [-0.1, -0.05) is 39.0 Å². The van der Waals surface area contributed by atoms with Crippen LogP contribution in [0.2, 0.25) is 0 Å². The van der Waals surface area contributed by atoms with Gasteiger partial charge in [0.1, 0.15) is 5.75 Å². The summed E-state index contributed by atoms with van der Waals surface area (Å²) in [4.78, 5) is 11.8. The van der Waals surface area contributed by atoms with Gasteiger partial charge < -0.3 is 15.8 Å². The predicted molar refractivity (Wildman–Crippen MR) is 77.3 cm³/mol. The highest BCUT2D eigenvalue weighted by atomic mass is 19.4. The number of hydrogen-bond acceptors (Lipinski definition) is 3. The second kappa shape index (κ2) is 7.00. The molecule has 1 aromatic carbocycles. The zero-order valence-corrected chi connectivity index (χ0v) is 12.8. The van der Waals surface area contributed by atoms with Crippen molar-refractivity contribution < 1.29 is 22.7 Å². The maximum absolute atomic E-state index is 12.3. The first-order valence-electron chi connectivity index (χ1n) is 6.87. The molecule has 1 amide bonds. The fourth-order valence-electron chi connectivity index (χ4n) is 1.76. The van der Waals surface area contributed by atoms with E-state index in [-0.39, 0.29) is 30.0 Å². The smallest absolute Gasteiger partial charge is 0.406 e. The van der Waals surface area contributed by atoms with E-state index in [1.54, 1.807) is 6.07 Å². The van der Waals surface area contributed by atoms with Crippen LogP contribution in [0.3, 0.4) is 0 Å². The van der Waals surface area contributed by atoms with Gasteiger partial charge in [-0.25, -0.2) is 0 Å². The molecule has 0 aliphatic rings. The molecule has 0 saturated carbocycles. The van der Waals surface area contributed by atoms with Crippen LogP contribution in [0.1, 0.15) is 26.3 Å². The number of hydrogen-bond donors (Lipinski definition) is 2. The summed E-state index contributed by atoms with van der Waals surface area (Å²) in [5.41, 5.74) is 5.78. The minimum atomic E-state index is -4.74.